The molecule has 1 N–H and O–H groups in total. The van der Waals surface area contributed by atoms with Crippen LogP contribution in [0.5, 0.6) is 17.4 Å². The lowest BCUT2D eigenvalue weighted by molar-refractivity contribution is 0.224. The molecule has 0 amide bonds. The van der Waals surface area contributed by atoms with Gasteiger partial charge in [0.1, 0.15) is 0 Å². The molecule has 2 heterocycles. The van der Waals surface area contributed by atoms with Crippen molar-refractivity contribution in [3.05, 3.63) is 56.6 Å². The molecule has 1 aliphatic heterocycles. The van der Waals surface area contributed by atoms with Gasteiger partial charge in [-0.15, -0.1) is 16.8 Å². The van der Waals surface area contributed by atoms with Crippen LogP contribution in [0.4, 0.5) is 5.69 Å². The molecule has 0 bridgehead atoms. The van der Waals surface area contributed by atoms with E-state index in [-0.39, 0.29) is 0 Å². The van der Waals surface area contributed by atoms with Gasteiger partial charge in [0, 0.05) is 27.0 Å². The van der Waals surface area contributed by atoms with Crippen LogP contribution < -0.4 is 19.5 Å². The van der Waals surface area contributed by atoms with Crippen LogP contribution in [-0.2, 0) is 0 Å². The second-order valence-corrected chi connectivity index (χ2v) is 9.48. The summed E-state index contributed by atoms with van der Waals surface area (Å²) in [5.74, 6) is 2.38. The minimum absolute atomic E-state index is 0.403. The Hall–Kier alpha value is -2.05. The van der Waals surface area contributed by atoms with Crippen LogP contribution >= 0.6 is 50.3 Å². The van der Waals surface area contributed by atoms with Gasteiger partial charge in [-0.1, -0.05) is 33.8 Å². The second kappa shape index (κ2) is 9.61. The molecule has 7 nitrogen and oxygen atoms in total. The minimum atomic E-state index is -0.525. The Balaban J connectivity index is 1.83. The third kappa shape index (κ3) is 4.60. The Morgan fingerprint density at radius 2 is 2.10 bits per heavy atom. The smallest absolute Gasteiger partial charge is 0.247 e. The summed E-state index contributed by atoms with van der Waals surface area (Å²) >= 11 is 7.20. The van der Waals surface area contributed by atoms with E-state index < -0.39 is 6.23 Å². The Morgan fingerprint density at radius 3 is 2.84 bits per heavy atom. The highest BCUT2D eigenvalue weighted by Gasteiger charge is 2.27. The first kappa shape index (κ1) is 22.2. The van der Waals surface area contributed by atoms with Gasteiger partial charge in [0.2, 0.25) is 11.0 Å². The lowest BCUT2D eigenvalue weighted by Crippen LogP contribution is -2.17. The third-order valence-electron chi connectivity index (χ3n) is 4.48. The number of thioether (sulfide) groups is 1. The molecule has 4 rings (SSSR count). The maximum absolute atomic E-state index is 6.34. The fraction of sp³-hybridized carbons (Fsp3) is 0.190. The van der Waals surface area contributed by atoms with E-state index in [0.717, 1.165) is 24.9 Å². The molecule has 3 aromatic rings. The Kier molecular flexibility index (Phi) is 6.87. The van der Waals surface area contributed by atoms with E-state index in [2.05, 4.69) is 65.6 Å². The normalized spacial score (nSPS) is 14.4. The molecule has 160 valence electrons. The predicted octanol–water partition coefficient (Wildman–Crippen LogP) is 5.70. The average Bonchev–Trinajstić information content (AvgIpc) is 2.93. The molecule has 10 heteroatoms. The Labute approximate surface area is 206 Å². The van der Waals surface area contributed by atoms with E-state index in [0.29, 0.717) is 34.0 Å². The van der Waals surface area contributed by atoms with Crippen LogP contribution in [0.1, 0.15) is 11.8 Å². The van der Waals surface area contributed by atoms with Crippen molar-refractivity contribution >= 4 is 56.0 Å². The van der Waals surface area contributed by atoms with E-state index in [1.165, 1.54) is 11.8 Å². The number of methoxy groups -OCH3 is 2. The van der Waals surface area contributed by atoms with Crippen molar-refractivity contribution < 1.29 is 14.2 Å². The van der Waals surface area contributed by atoms with Gasteiger partial charge in [-0.3, -0.25) is 0 Å². The SMILES string of the molecule is C=CCSc1nnc2c(n1)O[C@@H](c1cc(I)c(OC)c(OC)c1)Nc1ccc(Br)cc1-2. The lowest BCUT2D eigenvalue weighted by Gasteiger charge is -2.21. The molecule has 0 fully saturated rings. The number of hydrogen-bond donors (Lipinski definition) is 1. The molecule has 0 spiro atoms. The maximum atomic E-state index is 6.34. The van der Waals surface area contributed by atoms with E-state index >= 15 is 0 Å². The molecular formula is C21H18BrIN4O3S. The van der Waals surface area contributed by atoms with Crippen LogP contribution in [0.15, 0.2) is 52.6 Å². The molecule has 0 aliphatic carbocycles. The van der Waals surface area contributed by atoms with E-state index in [4.69, 9.17) is 14.2 Å². The molecule has 1 atom stereocenters. The number of rotatable bonds is 6. The van der Waals surface area contributed by atoms with Crippen molar-refractivity contribution in [3.8, 4) is 28.6 Å². The van der Waals surface area contributed by atoms with Crippen LogP contribution in [0.3, 0.4) is 0 Å². The zero-order chi connectivity index (χ0) is 22.0. The molecule has 2 aromatic carbocycles. The van der Waals surface area contributed by atoms with Gasteiger partial charge in [0.25, 0.3) is 0 Å². The van der Waals surface area contributed by atoms with Crippen LogP contribution in [0.2, 0.25) is 0 Å². The van der Waals surface area contributed by atoms with Crippen molar-refractivity contribution in [1.82, 2.24) is 15.2 Å². The van der Waals surface area contributed by atoms with E-state index in [1.807, 2.05) is 30.3 Å². The highest BCUT2D eigenvalue weighted by atomic mass is 127. The second-order valence-electron chi connectivity index (χ2n) is 6.42. The number of hydrogen-bond acceptors (Lipinski definition) is 8. The number of benzene rings is 2. The standard InChI is InChI=1S/C21H18BrIN4O3S/c1-4-7-31-21-25-20-17(26-27-21)13-10-12(22)5-6-15(13)24-19(30-20)11-8-14(23)18(29-3)16(9-11)28-2/h4-6,8-10,19,24H,1,7H2,2-3H3/t19-/m0/s1. The number of nitrogens with zero attached hydrogens (tertiary/aromatic N) is 3. The van der Waals surface area contributed by atoms with Gasteiger partial charge in [0.05, 0.1) is 17.8 Å². The van der Waals surface area contributed by atoms with Gasteiger partial charge in [-0.25, -0.2) is 0 Å². The van der Waals surface area contributed by atoms with Crippen LogP contribution in [0, 0.1) is 3.57 Å². The largest absolute Gasteiger partial charge is 0.493 e. The van der Waals surface area contributed by atoms with Crippen molar-refractivity contribution in [1.29, 1.82) is 0 Å². The maximum Gasteiger partial charge on any atom is 0.247 e. The first-order valence-corrected chi connectivity index (χ1v) is 12.0. The predicted molar refractivity (Wildman–Crippen MR) is 133 cm³/mol. The molecule has 1 aromatic heterocycles. The first-order chi connectivity index (χ1) is 15.0. The topological polar surface area (TPSA) is 78.4 Å². The summed E-state index contributed by atoms with van der Waals surface area (Å²) in [4.78, 5) is 4.62. The summed E-state index contributed by atoms with van der Waals surface area (Å²) in [5, 5.41) is 12.7. The fourth-order valence-corrected chi connectivity index (χ4v) is 4.82. The van der Waals surface area contributed by atoms with Crippen LogP contribution in [-0.4, -0.2) is 35.2 Å². The van der Waals surface area contributed by atoms with Crippen LogP contribution in [0.25, 0.3) is 11.3 Å². The molecule has 0 unspecified atom stereocenters. The monoisotopic (exact) mass is 612 g/mol. The Bertz CT molecular complexity index is 1150. The summed E-state index contributed by atoms with van der Waals surface area (Å²) in [6, 6.07) is 9.79. The number of ether oxygens (including phenoxy) is 3. The Morgan fingerprint density at radius 1 is 1.26 bits per heavy atom. The van der Waals surface area contributed by atoms with Gasteiger partial charge in [-0.2, -0.15) is 4.98 Å². The molecule has 0 saturated carbocycles. The number of nitrogens with one attached hydrogen (secondary N) is 1. The van der Waals surface area contributed by atoms with Gasteiger partial charge >= 0.3 is 0 Å². The fourth-order valence-electron chi connectivity index (χ4n) is 3.10. The molecule has 1 aliphatic rings. The van der Waals surface area contributed by atoms with E-state index in [9.17, 15) is 0 Å². The zero-order valence-corrected chi connectivity index (χ0v) is 21.2. The van der Waals surface area contributed by atoms with Gasteiger partial charge < -0.3 is 19.5 Å². The molecule has 0 radical (unpaired) electrons. The number of aromatic nitrogens is 3. The zero-order valence-electron chi connectivity index (χ0n) is 16.7. The first-order valence-electron chi connectivity index (χ1n) is 9.17. The summed E-state index contributed by atoms with van der Waals surface area (Å²) < 4.78 is 19.2. The molecule has 0 saturated heterocycles. The summed E-state index contributed by atoms with van der Waals surface area (Å²) in [6.07, 6.45) is 1.27. The lowest BCUT2D eigenvalue weighted by atomic mass is 10.1. The van der Waals surface area contributed by atoms with E-state index in [1.54, 1.807) is 20.3 Å². The van der Waals surface area contributed by atoms with Crippen molar-refractivity contribution in [3.63, 3.8) is 0 Å². The summed E-state index contributed by atoms with van der Waals surface area (Å²) in [6.45, 7) is 3.74. The quantitative estimate of drug-likeness (QED) is 0.216. The van der Waals surface area contributed by atoms with Gasteiger partial charge in [-0.05, 0) is 52.9 Å². The van der Waals surface area contributed by atoms with Crippen molar-refractivity contribution in [2.75, 3.05) is 25.3 Å². The molecule has 31 heavy (non-hydrogen) atoms. The van der Waals surface area contributed by atoms with Gasteiger partial charge in [0.15, 0.2) is 23.4 Å². The molecular weight excluding hydrogens is 595 g/mol. The number of halogens is 2. The van der Waals surface area contributed by atoms with Crippen molar-refractivity contribution in [2.45, 2.75) is 11.4 Å². The average molecular weight is 613 g/mol. The highest BCUT2D eigenvalue weighted by molar-refractivity contribution is 14.1. The van der Waals surface area contributed by atoms with Crippen molar-refractivity contribution in [2.24, 2.45) is 0 Å². The summed E-state index contributed by atoms with van der Waals surface area (Å²) in [7, 11) is 3.23. The summed E-state index contributed by atoms with van der Waals surface area (Å²) in [5.41, 5.74) is 3.15. The number of fused-ring (bicyclic) bond motifs is 3. The minimum Gasteiger partial charge on any atom is -0.493 e. The number of anilines is 1. The highest BCUT2D eigenvalue weighted by Crippen LogP contribution is 2.42. The third-order valence-corrected chi connectivity index (χ3v) is 6.61.